The van der Waals surface area contributed by atoms with Crippen molar-refractivity contribution in [1.82, 2.24) is 10.2 Å². The Morgan fingerprint density at radius 2 is 1.44 bits per heavy atom. The fourth-order valence-corrected chi connectivity index (χ4v) is 6.24. The van der Waals surface area contributed by atoms with Crippen molar-refractivity contribution in [3.63, 3.8) is 0 Å². The fourth-order valence-electron chi connectivity index (χ4n) is 5.18. The van der Waals surface area contributed by atoms with Crippen molar-refractivity contribution in [2.45, 2.75) is 93.4 Å². The molecular formula is C31H41N3O4S. The van der Waals surface area contributed by atoms with Gasteiger partial charge in [0.25, 0.3) is 0 Å². The molecule has 2 heterocycles. The number of nitrogens with zero attached hydrogens (tertiary/aromatic N) is 2. The molecule has 0 aromatic heterocycles. The Balaban J connectivity index is 1.30. The molecule has 0 aliphatic carbocycles. The third kappa shape index (κ3) is 7.78. The van der Waals surface area contributed by atoms with Crippen molar-refractivity contribution in [3.8, 4) is 0 Å². The van der Waals surface area contributed by atoms with E-state index in [0.29, 0.717) is 19.7 Å². The molecule has 1 atom stereocenters. The number of carbonyl (C=O) groups excluding carboxylic acids is 3. The molecular weight excluding hydrogens is 510 g/mol. The van der Waals surface area contributed by atoms with Crippen molar-refractivity contribution >= 4 is 41.0 Å². The molecule has 1 saturated heterocycles. The van der Waals surface area contributed by atoms with Crippen LogP contribution in [0, 0.1) is 0 Å². The molecule has 0 radical (unpaired) electrons. The summed E-state index contributed by atoms with van der Waals surface area (Å²) in [6, 6.07) is 14.3. The first-order valence-electron chi connectivity index (χ1n) is 14.5. The second kappa shape index (κ2) is 15.0. The summed E-state index contributed by atoms with van der Waals surface area (Å²) >= 11 is 1.62. The van der Waals surface area contributed by atoms with Crippen LogP contribution in [0.2, 0.25) is 0 Å². The highest BCUT2D eigenvalue weighted by Crippen LogP contribution is 2.48. The molecule has 4 rings (SSSR count). The number of piperazine rings is 1. The van der Waals surface area contributed by atoms with Gasteiger partial charge in [0.15, 0.2) is 0 Å². The second-order valence-electron chi connectivity index (χ2n) is 10.3. The number of unbranched alkanes of at least 4 members (excludes halogenated alkanes) is 9. The Bertz CT molecular complexity index is 1080. The van der Waals surface area contributed by atoms with E-state index in [1.54, 1.807) is 16.7 Å². The molecule has 2 aromatic carbocycles. The van der Waals surface area contributed by atoms with Crippen LogP contribution in [-0.2, 0) is 14.3 Å². The normalized spacial score (nSPS) is 16.3. The number of hydrogen-bond donors (Lipinski definition) is 1. The maximum Gasteiger partial charge on any atom is 0.329 e. The highest BCUT2D eigenvalue weighted by Gasteiger charge is 2.39. The third-order valence-electron chi connectivity index (χ3n) is 7.32. The van der Waals surface area contributed by atoms with Crippen LogP contribution >= 0.6 is 11.8 Å². The van der Waals surface area contributed by atoms with Gasteiger partial charge in [-0.2, -0.15) is 0 Å². The van der Waals surface area contributed by atoms with Gasteiger partial charge in [-0.1, -0.05) is 101 Å². The summed E-state index contributed by atoms with van der Waals surface area (Å²) in [5, 5.41) is 2.81. The molecule has 0 bridgehead atoms. The Morgan fingerprint density at radius 1 is 0.872 bits per heavy atom. The topological polar surface area (TPSA) is 79.0 Å². The number of fused-ring (bicyclic) bond motifs is 2. The summed E-state index contributed by atoms with van der Waals surface area (Å²) < 4.78 is 5.48. The highest BCUT2D eigenvalue weighted by atomic mass is 32.2. The fraction of sp³-hybridized carbons (Fsp3) is 0.516. The van der Waals surface area contributed by atoms with E-state index in [0.717, 1.165) is 40.4 Å². The number of amides is 3. The summed E-state index contributed by atoms with van der Waals surface area (Å²) in [5.41, 5.74) is 1.55. The Labute approximate surface area is 236 Å². The van der Waals surface area contributed by atoms with E-state index in [2.05, 4.69) is 12.2 Å². The maximum absolute atomic E-state index is 14.0. The number of carbonyl (C=O) groups is 3. The van der Waals surface area contributed by atoms with Gasteiger partial charge in [-0.15, -0.1) is 0 Å². The Kier molecular flexibility index (Phi) is 11.1. The van der Waals surface area contributed by atoms with E-state index < -0.39 is 12.0 Å². The third-order valence-corrected chi connectivity index (χ3v) is 8.45. The van der Waals surface area contributed by atoms with Gasteiger partial charge >= 0.3 is 12.0 Å². The number of rotatable bonds is 13. The lowest BCUT2D eigenvalue weighted by Gasteiger charge is -2.40. The lowest BCUT2D eigenvalue weighted by Crippen LogP contribution is -2.60. The standard InChI is InChI=1S/C31H41N3O4S/c1-2-3-4-5-6-7-8-9-10-15-22-38-29(35)23-26-30(36)32-20-21-33(26)31(37)34-24-16-11-13-18-27(24)39-28-19-14-12-17-25(28)34/h11-14,16-19,26H,2-10,15,20-23H2,1H3,(H,32,36). The van der Waals surface area contributed by atoms with Crippen LogP contribution in [0.15, 0.2) is 58.3 Å². The first kappa shape index (κ1) is 29.0. The molecule has 210 valence electrons. The molecule has 1 fully saturated rings. The van der Waals surface area contributed by atoms with Crippen molar-refractivity contribution in [1.29, 1.82) is 0 Å². The second-order valence-corrected chi connectivity index (χ2v) is 11.3. The molecule has 2 aliphatic heterocycles. The van der Waals surface area contributed by atoms with Crippen molar-refractivity contribution in [2.24, 2.45) is 0 Å². The lowest BCUT2D eigenvalue weighted by molar-refractivity contribution is -0.147. The average Bonchev–Trinajstić information content (AvgIpc) is 2.95. The smallest absolute Gasteiger partial charge is 0.329 e. The summed E-state index contributed by atoms with van der Waals surface area (Å²) in [6.45, 7) is 3.26. The predicted molar refractivity (Wildman–Crippen MR) is 155 cm³/mol. The van der Waals surface area contributed by atoms with Gasteiger partial charge in [0.1, 0.15) is 6.04 Å². The van der Waals surface area contributed by atoms with E-state index in [1.807, 2.05) is 48.5 Å². The summed E-state index contributed by atoms with van der Waals surface area (Å²) in [7, 11) is 0. The van der Waals surface area contributed by atoms with E-state index in [-0.39, 0.29) is 18.4 Å². The van der Waals surface area contributed by atoms with Crippen LogP contribution in [0.1, 0.15) is 77.6 Å². The quantitative estimate of drug-likeness (QED) is 0.213. The molecule has 1 unspecified atom stereocenters. The maximum atomic E-state index is 14.0. The monoisotopic (exact) mass is 551 g/mol. The van der Waals surface area contributed by atoms with Gasteiger partial charge in [-0.05, 0) is 30.7 Å². The van der Waals surface area contributed by atoms with Gasteiger partial charge in [0.05, 0.1) is 24.4 Å². The summed E-state index contributed by atoms with van der Waals surface area (Å²) in [5.74, 6) is -0.765. The van der Waals surface area contributed by atoms with Crippen molar-refractivity contribution in [2.75, 3.05) is 24.6 Å². The number of ether oxygens (including phenoxy) is 1. The number of anilines is 2. The number of benzene rings is 2. The minimum Gasteiger partial charge on any atom is -0.466 e. The SMILES string of the molecule is CCCCCCCCCCCCOC(=O)CC1C(=O)NCCN1C(=O)N1c2ccccc2Sc2ccccc21. The molecule has 7 nitrogen and oxygen atoms in total. The van der Waals surface area contributed by atoms with E-state index in [4.69, 9.17) is 4.74 Å². The molecule has 39 heavy (non-hydrogen) atoms. The van der Waals surface area contributed by atoms with E-state index in [1.165, 1.54) is 49.8 Å². The molecule has 1 N–H and O–H groups in total. The van der Waals surface area contributed by atoms with Crippen LogP contribution in [0.3, 0.4) is 0 Å². The van der Waals surface area contributed by atoms with Gasteiger partial charge in [0, 0.05) is 22.9 Å². The van der Waals surface area contributed by atoms with Crippen LogP contribution in [0.4, 0.5) is 16.2 Å². The number of nitrogens with one attached hydrogen (secondary N) is 1. The average molecular weight is 552 g/mol. The van der Waals surface area contributed by atoms with E-state index >= 15 is 0 Å². The number of urea groups is 1. The zero-order valence-electron chi connectivity index (χ0n) is 23.0. The zero-order valence-corrected chi connectivity index (χ0v) is 23.8. The number of hydrogen-bond acceptors (Lipinski definition) is 5. The van der Waals surface area contributed by atoms with Crippen molar-refractivity contribution in [3.05, 3.63) is 48.5 Å². The van der Waals surface area contributed by atoms with Crippen molar-refractivity contribution < 1.29 is 19.1 Å². The number of esters is 1. The Morgan fingerprint density at radius 3 is 2.05 bits per heavy atom. The highest BCUT2D eigenvalue weighted by molar-refractivity contribution is 7.99. The largest absolute Gasteiger partial charge is 0.466 e. The van der Waals surface area contributed by atoms with Crippen LogP contribution < -0.4 is 10.2 Å². The summed E-state index contributed by atoms with van der Waals surface area (Å²) in [6.07, 6.45) is 11.9. The van der Waals surface area contributed by atoms with Crippen LogP contribution in [0.25, 0.3) is 0 Å². The first-order chi connectivity index (χ1) is 19.1. The number of para-hydroxylation sites is 2. The minimum absolute atomic E-state index is 0.152. The van der Waals surface area contributed by atoms with Gasteiger partial charge in [0.2, 0.25) is 5.91 Å². The minimum atomic E-state index is -0.902. The molecule has 2 aromatic rings. The molecule has 8 heteroatoms. The first-order valence-corrected chi connectivity index (χ1v) is 15.3. The molecule has 0 saturated carbocycles. The predicted octanol–water partition coefficient (Wildman–Crippen LogP) is 7.06. The zero-order chi connectivity index (χ0) is 27.5. The van der Waals surface area contributed by atoms with Gasteiger partial charge < -0.3 is 15.0 Å². The summed E-state index contributed by atoms with van der Waals surface area (Å²) in [4.78, 5) is 44.7. The van der Waals surface area contributed by atoms with Gasteiger partial charge in [-0.25, -0.2) is 4.79 Å². The van der Waals surface area contributed by atoms with E-state index in [9.17, 15) is 14.4 Å². The lowest BCUT2D eigenvalue weighted by atomic mass is 10.1. The molecule has 2 aliphatic rings. The van der Waals surface area contributed by atoms with Gasteiger partial charge in [-0.3, -0.25) is 14.5 Å². The van der Waals surface area contributed by atoms with Crippen LogP contribution in [0.5, 0.6) is 0 Å². The Hall–Kier alpha value is -3.00. The molecule has 3 amide bonds. The van der Waals surface area contributed by atoms with Crippen LogP contribution in [-0.4, -0.2) is 48.5 Å². The molecule has 0 spiro atoms.